The fraction of sp³-hybridized carbons (Fsp3) is 0.667. The summed E-state index contributed by atoms with van der Waals surface area (Å²) in [5.74, 6) is -0.376. The van der Waals surface area contributed by atoms with Crippen molar-refractivity contribution in [1.82, 2.24) is 0 Å². The topological polar surface area (TPSA) is 52.6 Å². The van der Waals surface area contributed by atoms with E-state index in [0.29, 0.717) is 0 Å². The minimum Gasteiger partial charge on any atom is -0.462 e. The van der Waals surface area contributed by atoms with E-state index in [0.717, 1.165) is 37.7 Å². The third-order valence-corrected chi connectivity index (χ3v) is 5.31. The van der Waals surface area contributed by atoms with Gasteiger partial charge in [-0.1, -0.05) is 13.8 Å². The third kappa shape index (κ3) is 5.06. The van der Waals surface area contributed by atoms with Crippen molar-refractivity contribution < 1.29 is 19.1 Å². The smallest absolute Gasteiger partial charge is 0.309 e. The summed E-state index contributed by atoms with van der Waals surface area (Å²) in [5, 5.41) is 3.99. The molecular formula is C18H26O4S. The summed E-state index contributed by atoms with van der Waals surface area (Å²) in [5.41, 5.74) is 1.04. The average Bonchev–Trinajstić information content (AvgIpc) is 3.09. The molecule has 128 valence electrons. The Labute approximate surface area is 142 Å². The molecule has 2 rings (SSSR count). The fourth-order valence-corrected chi connectivity index (χ4v) is 3.45. The molecule has 0 spiro atoms. The number of carbonyl (C=O) groups is 2. The molecule has 1 aromatic heterocycles. The zero-order chi connectivity index (χ0) is 16.8. The largest absolute Gasteiger partial charge is 0.462 e. The van der Waals surface area contributed by atoms with Crippen molar-refractivity contribution in [2.45, 2.75) is 65.1 Å². The first-order chi connectivity index (χ1) is 11.0. The normalized spacial score (nSPS) is 23.8. The Hall–Kier alpha value is -1.36. The van der Waals surface area contributed by atoms with Crippen LogP contribution in [0.25, 0.3) is 0 Å². The number of carbonyl (C=O) groups excluding carboxylic acids is 2. The Kier molecular flexibility index (Phi) is 6.63. The highest BCUT2D eigenvalue weighted by Crippen LogP contribution is 2.30. The Morgan fingerprint density at radius 1 is 1.26 bits per heavy atom. The van der Waals surface area contributed by atoms with Crippen LogP contribution in [-0.2, 0) is 19.1 Å². The first-order valence-corrected chi connectivity index (χ1v) is 9.38. The van der Waals surface area contributed by atoms with Gasteiger partial charge in [-0.05, 0) is 55.9 Å². The van der Waals surface area contributed by atoms with Crippen LogP contribution in [0.3, 0.4) is 0 Å². The van der Waals surface area contributed by atoms with Gasteiger partial charge in [0, 0.05) is 5.56 Å². The minimum absolute atomic E-state index is 0.0464. The number of thiophene rings is 1. The van der Waals surface area contributed by atoms with Gasteiger partial charge < -0.3 is 9.47 Å². The quantitative estimate of drug-likeness (QED) is 0.717. The van der Waals surface area contributed by atoms with Gasteiger partial charge in [0.05, 0.1) is 11.8 Å². The zero-order valence-electron chi connectivity index (χ0n) is 14.1. The van der Waals surface area contributed by atoms with Crippen molar-refractivity contribution in [2.75, 3.05) is 0 Å². The zero-order valence-corrected chi connectivity index (χ0v) is 14.9. The second-order valence-electron chi connectivity index (χ2n) is 6.36. The summed E-state index contributed by atoms with van der Waals surface area (Å²) in [7, 11) is 0. The van der Waals surface area contributed by atoms with Crippen molar-refractivity contribution in [1.29, 1.82) is 0 Å². The summed E-state index contributed by atoms with van der Waals surface area (Å²) in [6.07, 6.45) is 3.50. The summed E-state index contributed by atoms with van der Waals surface area (Å²) >= 11 is 1.60. The van der Waals surface area contributed by atoms with Crippen LogP contribution in [0.1, 0.15) is 64.5 Å². The van der Waals surface area contributed by atoms with Crippen LogP contribution in [-0.4, -0.2) is 18.0 Å². The summed E-state index contributed by atoms with van der Waals surface area (Å²) in [6, 6.07) is 1.98. The first kappa shape index (κ1) is 18.0. The van der Waals surface area contributed by atoms with Gasteiger partial charge in [0.2, 0.25) is 0 Å². The molecule has 0 N–H and O–H groups in total. The van der Waals surface area contributed by atoms with Crippen LogP contribution in [0.2, 0.25) is 0 Å². The standard InChI is InChI=1S/C18H26O4S/c1-4-12(2)17(19)22-16-7-5-14(6-8-16)18(20)21-13(3)15-9-10-23-11-15/h9-14,16H,4-8H2,1-3H3. The number of ether oxygens (including phenoxy) is 2. The van der Waals surface area contributed by atoms with Crippen molar-refractivity contribution in [2.24, 2.45) is 11.8 Å². The van der Waals surface area contributed by atoms with Gasteiger partial charge in [-0.2, -0.15) is 11.3 Å². The Bertz CT molecular complexity index is 503. The Morgan fingerprint density at radius 2 is 1.96 bits per heavy atom. The molecule has 0 bridgehead atoms. The van der Waals surface area contributed by atoms with Crippen molar-refractivity contribution in [3.05, 3.63) is 22.4 Å². The van der Waals surface area contributed by atoms with E-state index in [9.17, 15) is 9.59 Å². The molecule has 1 aliphatic carbocycles. The summed E-state index contributed by atoms with van der Waals surface area (Å²) in [6.45, 7) is 5.77. The molecular weight excluding hydrogens is 312 g/mol. The molecule has 23 heavy (non-hydrogen) atoms. The maximum absolute atomic E-state index is 12.3. The Balaban J connectivity index is 1.75. The fourth-order valence-electron chi connectivity index (χ4n) is 2.71. The lowest BCUT2D eigenvalue weighted by Gasteiger charge is -2.28. The van der Waals surface area contributed by atoms with Gasteiger partial charge in [-0.25, -0.2) is 0 Å². The molecule has 1 aliphatic rings. The van der Waals surface area contributed by atoms with E-state index < -0.39 is 0 Å². The molecule has 2 unspecified atom stereocenters. The number of hydrogen-bond acceptors (Lipinski definition) is 5. The molecule has 5 heteroatoms. The lowest BCUT2D eigenvalue weighted by atomic mass is 9.87. The van der Waals surface area contributed by atoms with Crippen molar-refractivity contribution >= 4 is 23.3 Å². The highest BCUT2D eigenvalue weighted by Gasteiger charge is 2.30. The number of hydrogen-bond donors (Lipinski definition) is 0. The molecule has 1 aromatic rings. The van der Waals surface area contributed by atoms with Crippen LogP contribution in [0.15, 0.2) is 16.8 Å². The summed E-state index contributed by atoms with van der Waals surface area (Å²) < 4.78 is 11.1. The predicted octanol–water partition coefficient (Wildman–Crippen LogP) is 4.50. The second-order valence-corrected chi connectivity index (χ2v) is 7.14. The van der Waals surface area contributed by atoms with Crippen LogP contribution in [0.4, 0.5) is 0 Å². The predicted molar refractivity (Wildman–Crippen MR) is 90.1 cm³/mol. The highest BCUT2D eigenvalue weighted by atomic mass is 32.1. The second kappa shape index (κ2) is 8.48. The first-order valence-electron chi connectivity index (χ1n) is 8.44. The Morgan fingerprint density at radius 3 is 2.52 bits per heavy atom. The van der Waals surface area contributed by atoms with E-state index in [2.05, 4.69) is 0 Å². The molecule has 1 saturated carbocycles. The third-order valence-electron chi connectivity index (χ3n) is 4.61. The highest BCUT2D eigenvalue weighted by molar-refractivity contribution is 7.07. The van der Waals surface area contributed by atoms with Gasteiger partial charge >= 0.3 is 11.9 Å². The van der Waals surface area contributed by atoms with Gasteiger partial charge in [-0.3, -0.25) is 9.59 Å². The van der Waals surface area contributed by atoms with E-state index in [1.165, 1.54) is 0 Å². The van der Waals surface area contributed by atoms with Crippen LogP contribution >= 0.6 is 11.3 Å². The minimum atomic E-state index is -0.199. The molecule has 0 saturated heterocycles. The average molecular weight is 338 g/mol. The van der Waals surface area contributed by atoms with E-state index in [1.807, 2.05) is 37.6 Å². The lowest BCUT2D eigenvalue weighted by molar-refractivity contribution is -0.159. The molecule has 0 radical (unpaired) electrons. The van der Waals surface area contributed by atoms with Gasteiger partial charge in [0.25, 0.3) is 0 Å². The van der Waals surface area contributed by atoms with Gasteiger partial charge in [-0.15, -0.1) is 0 Å². The maximum Gasteiger partial charge on any atom is 0.309 e. The van der Waals surface area contributed by atoms with Crippen LogP contribution in [0, 0.1) is 11.8 Å². The lowest BCUT2D eigenvalue weighted by Crippen LogP contribution is -2.30. The van der Waals surface area contributed by atoms with Gasteiger partial charge in [0.1, 0.15) is 12.2 Å². The summed E-state index contributed by atoms with van der Waals surface area (Å²) in [4.78, 5) is 24.1. The van der Waals surface area contributed by atoms with Crippen molar-refractivity contribution in [3.8, 4) is 0 Å². The van der Waals surface area contributed by atoms with Gasteiger partial charge in [0.15, 0.2) is 0 Å². The SMILES string of the molecule is CCC(C)C(=O)OC1CCC(C(=O)OC(C)c2ccsc2)CC1. The number of rotatable bonds is 6. The monoisotopic (exact) mass is 338 g/mol. The number of esters is 2. The van der Waals surface area contributed by atoms with E-state index in [-0.39, 0.29) is 36.0 Å². The molecule has 0 aliphatic heterocycles. The van der Waals surface area contributed by atoms with E-state index in [1.54, 1.807) is 11.3 Å². The van der Waals surface area contributed by atoms with E-state index >= 15 is 0 Å². The molecule has 4 nitrogen and oxygen atoms in total. The molecule has 0 amide bonds. The maximum atomic E-state index is 12.3. The molecule has 1 fully saturated rings. The van der Waals surface area contributed by atoms with Crippen LogP contribution < -0.4 is 0 Å². The molecule has 2 atom stereocenters. The van der Waals surface area contributed by atoms with Crippen molar-refractivity contribution in [3.63, 3.8) is 0 Å². The molecule has 1 heterocycles. The van der Waals surface area contributed by atoms with Crippen LogP contribution in [0.5, 0.6) is 0 Å². The molecule has 0 aromatic carbocycles. The van der Waals surface area contributed by atoms with E-state index in [4.69, 9.17) is 9.47 Å².